The molecule has 0 aromatic carbocycles. The second-order valence-corrected chi connectivity index (χ2v) is 4.81. The monoisotopic (exact) mass is 279 g/mol. The highest BCUT2D eigenvalue weighted by molar-refractivity contribution is 5.92. The Hall–Kier alpha value is -2.96. The molecule has 104 valence electrons. The predicted molar refractivity (Wildman–Crippen MR) is 80.2 cm³/mol. The summed E-state index contributed by atoms with van der Waals surface area (Å²) in [5.74, 6) is 0.588. The number of anilines is 1. The zero-order chi connectivity index (χ0) is 14.4. The Morgan fingerprint density at radius 3 is 3.00 bits per heavy atom. The largest absolute Gasteiger partial charge is 0.357 e. The first-order valence-electron chi connectivity index (χ1n) is 6.60. The minimum Gasteiger partial charge on any atom is -0.357 e. The van der Waals surface area contributed by atoms with Crippen molar-refractivity contribution < 1.29 is 0 Å². The van der Waals surface area contributed by atoms with Gasteiger partial charge in [0.25, 0.3) is 0 Å². The number of aryl methyl sites for hydroxylation is 1. The van der Waals surface area contributed by atoms with Gasteiger partial charge < -0.3 is 10.3 Å². The zero-order valence-corrected chi connectivity index (χ0v) is 11.6. The third-order valence-electron chi connectivity index (χ3n) is 3.37. The lowest BCUT2D eigenvalue weighted by molar-refractivity contribution is 0.941. The fourth-order valence-electron chi connectivity index (χ4n) is 2.38. The molecule has 7 nitrogen and oxygen atoms in total. The fraction of sp³-hybridized carbons (Fsp3) is 0.143. The number of rotatable bonds is 2. The molecular formula is C14H13N7. The summed E-state index contributed by atoms with van der Waals surface area (Å²) in [6.45, 7) is 1.95. The summed E-state index contributed by atoms with van der Waals surface area (Å²) in [7, 11) is 1.79. The molecule has 0 bridgehead atoms. The molecule has 4 aromatic rings. The highest BCUT2D eigenvalue weighted by Crippen LogP contribution is 2.26. The molecule has 0 radical (unpaired) electrons. The number of fused-ring (bicyclic) bond motifs is 2. The smallest absolute Gasteiger partial charge is 0.224 e. The van der Waals surface area contributed by atoms with E-state index in [1.807, 2.05) is 31.5 Å². The first-order chi connectivity index (χ1) is 10.2. The van der Waals surface area contributed by atoms with Crippen LogP contribution in [0.5, 0.6) is 0 Å². The number of aromatic nitrogens is 6. The van der Waals surface area contributed by atoms with Gasteiger partial charge in [-0.2, -0.15) is 10.1 Å². The van der Waals surface area contributed by atoms with Gasteiger partial charge in [-0.3, -0.25) is 0 Å². The van der Waals surface area contributed by atoms with E-state index in [2.05, 4.69) is 30.4 Å². The van der Waals surface area contributed by atoms with Crippen molar-refractivity contribution in [2.24, 2.45) is 0 Å². The van der Waals surface area contributed by atoms with Gasteiger partial charge in [-0.1, -0.05) is 0 Å². The lowest BCUT2D eigenvalue weighted by atomic mass is 10.2. The molecule has 0 unspecified atom stereocenters. The molecule has 4 rings (SSSR count). The van der Waals surface area contributed by atoms with E-state index < -0.39 is 0 Å². The van der Waals surface area contributed by atoms with Gasteiger partial charge in [0.05, 0.1) is 17.6 Å². The normalized spacial score (nSPS) is 11.3. The van der Waals surface area contributed by atoms with Crippen molar-refractivity contribution in [1.82, 2.24) is 29.5 Å². The maximum Gasteiger partial charge on any atom is 0.224 e. The van der Waals surface area contributed by atoms with E-state index in [9.17, 15) is 0 Å². The van der Waals surface area contributed by atoms with E-state index in [1.165, 1.54) is 0 Å². The average molecular weight is 279 g/mol. The highest BCUT2D eigenvalue weighted by Gasteiger charge is 2.11. The van der Waals surface area contributed by atoms with Crippen LogP contribution in [0.15, 0.2) is 30.7 Å². The third-order valence-corrected chi connectivity index (χ3v) is 3.37. The van der Waals surface area contributed by atoms with Crippen molar-refractivity contribution in [3.05, 3.63) is 36.4 Å². The van der Waals surface area contributed by atoms with Gasteiger partial charge in [0, 0.05) is 30.4 Å². The zero-order valence-electron chi connectivity index (χ0n) is 11.6. The molecule has 2 N–H and O–H groups in total. The molecule has 0 spiro atoms. The molecule has 0 fully saturated rings. The number of H-pyrrole nitrogens is 1. The Morgan fingerprint density at radius 1 is 1.24 bits per heavy atom. The second-order valence-electron chi connectivity index (χ2n) is 4.81. The summed E-state index contributed by atoms with van der Waals surface area (Å²) in [6, 6.07) is 3.91. The summed E-state index contributed by atoms with van der Waals surface area (Å²) >= 11 is 0. The highest BCUT2D eigenvalue weighted by atomic mass is 15.2. The van der Waals surface area contributed by atoms with Crippen molar-refractivity contribution in [3.8, 4) is 11.3 Å². The lowest BCUT2D eigenvalue weighted by Gasteiger charge is -2.00. The van der Waals surface area contributed by atoms with Crippen LogP contribution in [0.2, 0.25) is 0 Å². The van der Waals surface area contributed by atoms with Crippen LogP contribution in [0, 0.1) is 6.92 Å². The van der Waals surface area contributed by atoms with Crippen LogP contribution in [-0.4, -0.2) is 36.6 Å². The average Bonchev–Trinajstić information content (AvgIpc) is 3.07. The van der Waals surface area contributed by atoms with E-state index in [4.69, 9.17) is 0 Å². The van der Waals surface area contributed by atoms with E-state index in [1.54, 1.807) is 17.8 Å². The van der Waals surface area contributed by atoms with Crippen LogP contribution in [0.1, 0.15) is 5.69 Å². The molecule has 0 saturated carbocycles. The molecule has 21 heavy (non-hydrogen) atoms. The van der Waals surface area contributed by atoms with Crippen molar-refractivity contribution in [1.29, 1.82) is 0 Å². The Balaban J connectivity index is 1.90. The molecule has 0 saturated heterocycles. The lowest BCUT2D eigenvalue weighted by Crippen LogP contribution is -1.96. The summed E-state index contributed by atoms with van der Waals surface area (Å²) in [5.41, 5.74) is 4.39. The number of nitrogens with one attached hydrogen (secondary N) is 2. The van der Waals surface area contributed by atoms with Gasteiger partial charge in [0.1, 0.15) is 5.65 Å². The van der Waals surface area contributed by atoms with Crippen molar-refractivity contribution in [2.75, 3.05) is 12.4 Å². The number of nitrogens with zero attached hydrogens (tertiary/aromatic N) is 5. The van der Waals surface area contributed by atoms with Crippen LogP contribution < -0.4 is 5.32 Å². The predicted octanol–water partition coefficient (Wildman–Crippen LogP) is 2.02. The van der Waals surface area contributed by atoms with Gasteiger partial charge in [0.15, 0.2) is 5.65 Å². The van der Waals surface area contributed by atoms with Gasteiger partial charge in [-0.15, -0.1) is 0 Å². The molecule has 4 heterocycles. The molecule has 0 aliphatic heterocycles. The maximum atomic E-state index is 4.59. The summed E-state index contributed by atoms with van der Waals surface area (Å²) < 4.78 is 1.78. The van der Waals surface area contributed by atoms with Gasteiger partial charge >= 0.3 is 0 Å². The van der Waals surface area contributed by atoms with Crippen LogP contribution in [0.25, 0.3) is 27.9 Å². The maximum absolute atomic E-state index is 4.59. The number of hydrogen-bond acceptors (Lipinski definition) is 5. The van der Waals surface area contributed by atoms with Crippen LogP contribution in [-0.2, 0) is 0 Å². The Labute approximate surface area is 120 Å². The number of hydrogen-bond donors (Lipinski definition) is 2. The number of imidazole rings is 1. The minimum absolute atomic E-state index is 0.588. The fourth-order valence-corrected chi connectivity index (χ4v) is 2.38. The second kappa shape index (κ2) is 4.27. The van der Waals surface area contributed by atoms with Gasteiger partial charge in [-0.05, 0) is 19.1 Å². The molecule has 0 aliphatic carbocycles. The number of aromatic amines is 1. The van der Waals surface area contributed by atoms with Gasteiger partial charge in [0.2, 0.25) is 5.95 Å². The van der Waals surface area contributed by atoms with Crippen molar-refractivity contribution in [2.45, 2.75) is 6.92 Å². The van der Waals surface area contributed by atoms with Crippen LogP contribution in [0.4, 0.5) is 5.95 Å². The molecule has 4 aromatic heterocycles. The summed E-state index contributed by atoms with van der Waals surface area (Å²) in [5, 5.41) is 8.46. The molecular weight excluding hydrogens is 266 g/mol. The SMILES string of the molecule is CNc1ncc2c(-c3ccc4nc(C)cn4n3)c[nH]c2n1. The minimum atomic E-state index is 0.588. The van der Waals surface area contributed by atoms with E-state index in [-0.39, 0.29) is 0 Å². The van der Waals surface area contributed by atoms with Gasteiger partial charge in [-0.25, -0.2) is 14.5 Å². The van der Waals surface area contributed by atoms with E-state index in [0.29, 0.717) is 5.95 Å². The molecule has 0 atom stereocenters. The van der Waals surface area contributed by atoms with Crippen LogP contribution in [0.3, 0.4) is 0 Å². The third kappa shape index (κ3) is 1.82. The first kappa shape index (κ1) is 11.8. The molecule has 0 amide bonds. The summed E-state index contributed by atoms with van der Waals surface area (Å²) in [6.07, 6.45) is 5.60. The Morgan fingerprint density at radius 2 is 2.14 bits per heavy atom. The molecule has 0 aliphatic rings. The van der Waals surface area contributed by atoms with E-state index in [0.717, 1.165) is 33.6 Å². The Bertz CT molecular complexity index is 950. The topological polar surface area (TPSA) is 83.8 Å². The molecule has 7 heteroatoms. The van der Waals surface area contributed by atoms with E-state index >= 15 is 0 Å². The first-order valence-corrected chi connectivity index (χ1v) is 6.60. The van der Waals surface area contributed by atoms with Crippen molar-refractivity contribution >= 4 is 22.6 Å². The van der Waals surface area contributed by atoms with Crippen molar-refractivity contribution in [3.63, 3.8) is 0 Å². The van der Waals surface area contributed by atoms with Crippen LogP contribution >= 0.6 is 0 Å². The Kier molecular flexibility index (Phi) is 2.41. The standard InChI is InChI=1S/C14H13N7/c1-8-7-21-12(18-8)4-3-11(20-21)9-5-16-13-10(9)6-17-14(15-2)19-13/h3-7H,1-2H3,(H2,15,16,17,19). The quantitative estimate of drug-likeness (QED) is 0.586. The summed E-state index contributed by atoms with van der Waals surface area (Å²) in [4.78, 5) is 16.2.